The summed E-state index contributed by atoms with van der Waals surface area (Å²) in [4.78, 5) is 5.13. The Bertz CT molecular complexity index is 476. The molecule has 0 saturated heterocycles. The second kappa shape index (κ2) is 5.34. The smallest absolute Gasteiger partial charge is 0.123 e. The summed E-state index contributed by atoms with van der Waals surface area (Å²) in [7, 11) is 0. The minimum Gasteiger partial charge on any atom is -0.264 e. The Balaban J connectivity index is 2.17. The van der Waals surface area contributed by atoms with E-state index in [9.17, 15) is 0 Å². The molecule has 78 valence electrons. The highest BCUT2D eigenvalue weighted by molar-refractivity contribution is 7.99. The van der Waals surface area contributed by atoms with Crippen LogP contribution >= 0.6 is 11.8 Å². The molecule has 0 aliphatic heterocycles. The van der Waals surface area contributed by atoms with Crippen LogP contribution in [0.2, 0.25) is 0 Å². The van der Waals surface area contributed by atoms with E-state index in [1.807, 2.05) is 42.5 Å². The highest BCUT2D eigenvalue weighted by Gasteiger charge is 2.11. The molecule has 2 rings (SSSR count). The van der Waals surface area contributed by atoms with E-state index in [1.54, 1.807) is 24.2 Å². The summed E-state index contributed by atoms with van der Waals surface area (Å²) in [5.41, 5.74) is 0.943. The van der Waals surface area contributed by atoms with Crippen LogP contribution in [-0.2, 0) is 0 Å². The second-order valence-electron chi connectivity index (χ2n) is 3.23. The van der Waals surface area contributed by atoms with Gasteiger partial charge in [-0.25, -0.2) is 0 Å². The van der Waals surface area contributed by atoms with Gasteiger partial charge >= 0.3 is 0 Å². The third kappa shape index (κ3) is 2.62. The van der Waals surface area contributed by atoms with Crippen molar-refractivity contribution in [1.82, 2.24) is 4.98 Å². The van der Waals surface area contributed by atoms with Crippen LogP contribution in [0.5, 0.6) is 0 Å². The maximum Gasteiger partial charge on any atom is 0.123 e. The Labute approximate surface area is 99.0 Å². The Hall–Kier alpha value is -1.79. The Morgan fingerprint density at radius 1 is 1.12 bits per heavy atom. The molecule has 0 spiro atoms. The molecular formula is C13H10N2S. The van der Waals surface area contributed by atoms with Crippen LogP contribution < -0.4 is 0 Å². The van der Waals surface area contributed by atoms with Crippen LogP contribution in [0.25, 0.3) is 0 Å². The van der Waals surface area contributed by atoms with Gasteiger partial charge in [-0.3, -0.25) is 4.98 Å². The molecule has 0 bridgehead atoms. The summed E-state index contributed by atoms with van der Waals surface area (Å²) >= 11 is 1.54. The van der Waals surface area contributed by atoms with Gasteiger partial charge in [0, 0.05) is 17.3 Å². The van der Waals surface area contributed by atoms with Crippen molar-refractivity contribution in [2.75, 3.05) is 0 Å². The molecule has 2 aromatic rings. The van der Waals surface area contributed by atoms with E-state index < -0.39 is 0 Å². The molecule has 1 heterocycles. The summed E-state index contributed by atoms with van der Waals surface area (Å²) < 4.78 is 0. The Morgan fingerprint density at radius 3 is 2.56 bits per heavy atom. The molecule has 0 amide bonds. The van der Waals surface area contributed by atoms with Gasteiger partial charge in [-0.2, -0.15) is 5.26 Å². The van der Waals surface area contributed by atoms with Crippen LogP contribution in [0.3, 0.4) is 0 Å². The number of nitriles is 1. The lowest BCUT2D eigenvalue weighted by Crippen LogP contribution is -1.90. The number of nitrogens with zero attached hydrogens (tertiary/aromatic N) is 2. The molecule has 1 atom stereocenters. The van der Waals surface area contributed by atoms with Crippen LogP contribution in [0.15, 0.2) is 59.8 Å². The number of aromatic nitrogens is 1. The lowest BCUT2D eigenvalue weighted by Gasteiger charge is -2.07. The number of thioether (sulfide) groups is 1. The van der Waals surface area contributed by atoms with E-state index >= 15 is 0 Å². The van der Waals surface area contributed by atoms with Crippen molar-refractivity contribution in [3.63, 3.8) is 0 Å². The molecule has 1 aromatic carbocycles. The molecule has 0 N–H and O–H groups in total. The van der Waals surface area contributed by atoms with Gasteiger partial charge in [0.15, 0.2) is 0 Å². The molecular weight excluding hydrogens is 216 g/mol. The molecule has 0 saturated carbocycles. The van der Waals surface area contributed by atoms with Gasteiger partial charge in [0.2, 0.25) is 0 Å². The number of pyridine rings is 1. The average molecular weight is 226 g/mol. The fourth-order valence-corrected chi connectivity index (χ4v) is 2.25. The minimum absolute atomic E-state index is 0.198. The van der Waals surface area contributed by atoms with Crippen molar-refractivity contribution < 1.29 is 0 Å². The molecule has 2 nitrogen and oxygen atoms in total. The third-order valence-corrected chi connectivity index (χ3v) is 3.26. The SMILES string of the molecule is N#CC(Sc1ccccc1)c1cccnc1. The van der Waals surface area contributed by atoms with Crippen molar-refractivity contribution in [3.8, 4) is 6.07 Å². The van der Waals surface area contributed by atoms with Crippen molar-refractivity contribution >= 4 is 11.8 Å². The van der Waals surface area contributed by atoms with Gasteiger partial charge in [-0.15, -0.1) is 11.8 Å². The minimum atomic E-state index is -0.198. The van der Waals surface area contributed by atoms with Crippen molar-refractivity contribution in [3.05, 3.63) is 60.4 Å². The summed E-state index contributed by atoms with van der Waals surface area (Å²) in [6.07, 6.45) is 3.45. The first-order valence-corrected chi connectivity index (χ1v) is 5.79. The first-order valence-electron chi connectivity index (χ1n) is 4.91. The summed E-state index contributed by atoms with van der Waals surface area (Å²) in [5.74, 6) is 0. The molecule has 1 unspecified atom stereocenters. The van der Waals surface area contributed by atoms with Gasteiger partial charge in [0.05, 0.1) is 6.07 Å². The van der Waals surface area contributed by atoms with Crippen LogP contribution in [0.1, 0.15) is 10.8 Å². The molecule has 1 aromatic heterocycles. The highest BCUT2D eigenvalue weighted by Crippen LogP contribution is 2.33. The molecule has 16 heavy (non-hydrogen) atoms. The van der Waals surface area contributed by atoms with Gasteiger partial charge in [0.1, 0.15) is 5.25 Å². The molecule has 0 aliphatic carbocycles. The van der Waals surface area contributed by atoms with Gasteiger partial charge in [0.25, 0.3) is 0 Å². The lowest BCUT2D eigenvalue weighted by atomic mass is 10.2. The van der Waals surface area contributed by atoms with Crippen LogP contribution in [0.4, 0.5) is 0 Å². The zero-order valence-corrected chi connectivity index (χ0v) is 9.39. The molecule has 0 fully saturated rings. The predicted octanol–water partition coefficient (Wildman–Crippen LogP) is 3.44. The first kappa shape index (κ1) is 10.7. The number of hydrogen-bond donors (Lipinski definition) is 0. The fourth-order valence-electron chi connectivity index (χ4n) is 1.34. The zero-order chi connectivity index (χ0) is 11.2. The number of hydrogen-bond acceptors (Lipinski definition) is 3. The number of benzene rings is 1. The topological polar surface area (TPSA) is 36.7 Å². The molecule has 3 heteroatoms. The fraction of sp³-hybridized carbons (Fsp3) is 0.0769. The first-order chi connectivity index (χ1) is 7.90. The monoisotopic (exact) mass is 226 g/mol. The van der Waals surface area contributed by atoms with E-state index in [2.05, 4.69) is 11.1 Å². The highest BCUT2D eigenvalue weighted by atomic mass is 32.2. The van der Waals surface area contributed by atoms with Crippen molar-refractivity contribution in [2.45, 2.75) is 10.1 Å². The lowest BCUT2D eigenvalue weighted by molar-refractivity contribution is 1.16. The summed E-state index contributed by atoms with van der Waals surface area (Å²) in [5, 5.41) is 8.94. The van der Waals surface area contributed by atoms with E-state index in [4.69, 9.17) is 5.26 Å². The van der Waals surface area contributed by atoms with Crippen molar-refractivity contribution in [2.24, 2.45) is 0 Å². The van der Waals surface area contributed by atoms with E-state index in [1.165, 1.54) is 0 Å². The average Bonchev–Trinajstić information content (AvgIpc) is 2.38. The molecule has 0 aliphatic rings. The van der Waals surface area contributed by atoms with E-state index in [0.717, 1.165) is 10.5 Å². The van der Waals surface area contributed by atoms with Gasteiger partial charge in [-0.05, 0) is 23.8 Å². The van der Waals surface area contributed by atoms with Crippen LogP contribution in [0, 0.1) is 11.3 Å². The maximum atomic E-state index is 9.14. The maximum absolute atomic E-state index is 9.14. The largest absolute Gasteiger partial charge is 0.264 e. The number of rotatable bonds is 3. The zero-order valence-electron chi connectivity index (χ0n) is 8.58. The van der Waals surface area contributed by atoms with E-state index in [0.29, 0.717) is 0 Å². The van der Waals surface area contributed by atoms with Gasteiger partial charge < -0.3 is 0 Å². The molecule has 0 radical (unpaired) electrons. The van der Waals surface area contributed by atoms with Gasteiger partial charge in [-0.1, -0.05) is 24.3 Å². The van der Waals surface area contributed by atoms with Crippen molar-refractivity contribution in [1.29, 1.82) is 5.26 Å². The normalized spacial score (nSPS) is 11.7. The third-order valence-electron chi connectivity index (χ3n) is 2.10. The standard InChI is InChI=1S/C13H10N2S/c14-9-13(11-5-4-8-15-10-11)16-12-6-2-1-3-7-12/h1-8,10,13H. The van der Waals surface area contributed by atoms with E-state index in [-0.39, 0.29) is 5.25 Å². The Kier molecular flexibility index (Phi) is 3.58. The quantitative estimate of drug-likeness (QED) is 0.752. The predicted molar refractivity (Wildman–Crippen MR) is 64.9 cm³/mol. The summed E-state index contributed by atoms with van der Waals surface area (Å²) in [6.45, 7) is 0. The Morgan fingerprint density at radius 2 is 1.94 bits per heavy atom. The second-order valence-corrected chi connectivity index (χ2v) is 4.40. The summed E-state index contributed by atoms with van der Waals surface area (Å²) in [6, 6.07) is 16.0. The van der Waals surface area contributed by atoms with Crippen LogP contribution in [-0.4, -0.2) is 4.98 Å².